The first-order chi connectivity index (χ1) is 17.2. The monoisotopic (exact) mass is 465 g/mol. The summed E-state index contributed by atoms with van der Waals surface area (Å²) in [6.07, 6.45) is 0. The quantitative estimate of drug-likeness (QED) is 0.334. The van der Waals surface area contributed by atoms with Crippen molar-refractivity contribution in [3.05, 3.63) is 102 Å². The van der Waals surface area contributed by atoms with E-state index in [0.29, 0.717) is 52.6 Å². The van der Waals surface area contributed by atoms with Crippen LogP contribution in [0.25, 0.3) is 22.4 Å². The van der Waals surface area contributed by atoms with Crippen molar-refractivity contribution in [2.45, 2.75) is 13.2 Å². The molecule has 3 aromatic carbocycles. The molecule has 35 heavy (non-hydrogen) atoms. The Hall–Kier alpha value is -4.56. The molecule has 0 saturated carbocycles. The fourth-order valence-electron chi connectivity index (χ4n) is 3.69. The zero-order valence-electron chi connectivity index (χ0n) is 19.1. The van der Waals surface area contributed by atoms with Crippen molar-refractivity contribution in [2.24, 2.45) is 0 Å². The molecule has 1 amide bonds. The van der Waals surface area contributed by atoms with Crippen LogP contribution in [0.15, 0.2) is 84.9 Å². The van der Waals surface area contributed by atoms with Crippen LogP contribution in [-0.2, 0) is 18.0 Å². The minimum Gasteiger partial charge on any atom is -0.496 e. The highest BCUT2D eigenvalue weighted by Crippen LogP contribution is 2.30. The Balaban J connectivity index is 1.26. The van der Waals surface area contributed by atoms with Crippen molar-refractivity contribution in [1.29, 1.82) is 0 Å². The first-order valence-corrected chi connectivity index (χ1v) is 11.1. The summed E-state index contributed by atoms with van der Waals surface area (Å²) in [6.45, 7) is 1.05. The van der Waals surface area contributed by atoms with Crippen LogP contribution in [0.4, 0.5) is 5.69 Å². The molecule has 0 fully saturated rings. The summed E-state index contributed by atoms with van der Waals surface area (Å²) >= 11 is 0. The number of rotatable bonds is 8. The molecule has 0 aliphatic heterocycles. The number of methoxy groups -OCH3 is 1. The Kier molecular flexibility index (Phi) is 6.45. The lowest BCUT2D eigenvalue weighted by Crippen LogP contribution is -2.12. The first kappa shape index (κ1) is 22.2. The smallest absolute Gasteiger partial charge is 0.255 e. The number of pyridine rings is 1. The summed E-state index contributed by atoms with van der Waals surface area (Å²) in [6, 6.07) is 26.5. The third kappa shape index (κ3) is 5.18. The lowest BCUT2D eigenvalue weighted by molar-refractivity contribution is 0.102. The number of aromatic nitrogens is 4. The maximum atomic E-state index is 13.0. The van der Waals surface area contributed by atoms with E-state index in [2.05, 4.69) is 25.7 Å². The number of H-pyrrole nitrogens is 1. The number of carbonyl (C=O) groups is 1. The van der Waals surface area contributed by atoms with Crippen molar-refractivity contribution in [3.8, 4) is 17.0 Å². The van der Waals surface area contributed by atoms with Crippen molar-refractivity contribution in [3.63, 3.8) is 0 Å². The van der Waals surface area contributed by atoms with E-state index in [1.54, 1.807) is 25.3 Å². The number of nitrogens with zero attached hydrogens (tertiary/aromatic N) is 3. The summed E-state index contributed by atoms with van der Waals surface area (Å²) in [7, 11) is 1.58. The fourth-order valence-corrected chi connectivity index (χ4v) is 3.69. The van der Waals surface area contributed by atoms with Crippen LogP contribution in [0.3, 0.4) is 0 Å². The maximum Gasteiger partial charge on any atom is 0.255 e. The predicted molar refractivity (Wildman–Crippen MR) is 133 cm³/mol. The van der Waals surface area contributed by atoms with E-state index in [9.17, 15) is 4.79 Å². The molecule has 0 atom stereocenters. The number of fused-ring (bicyclic) bond motifs is 1. The highest BCUT2D eigenvalue weighted by Gasteiger charge is 2.14. The predicted octanol–water partition coefficient (Wildman–Crippen LogP) is 5.00. The van der Waals surface area contributed by atoms with Gasteiger partial charge in [0.15, 0.2) is 5.65 Å². The van der Waals surface area contributed by atoms with Gasteiger partial charge in [-0.25, -0.2) is 10.1 Å². The number of aromatic amines is 1. The average molecular weight is 466 g/mol. The third-order valence-electron chi connectivity index (χ3n) is 5.52. The lowest BCUT2D eigenvalue weighted by Gasteiger charge is -2.11. The number of hydrogen-bond acceptors (Lipinski definition) is 6. The highest BCUT2D eigenvalue weighted by atomic mass is 16.5. The molecule has 2 heterocycles. The minimum atomic E-state index is -0.230. The lowest BCUT2D eigenvalue weighted by atomic mass is 10.1. The second kappa shape index (κ2) is 10.1. The SMILES string of the molecule is COc1ccc(C(=O)Nc2ccc(COCc3ccccc3)cc2)cc1-c1ccc2nn[nH]c2n1. The molecule has 5 aromatic rings. The topological polar surface area (TPSA) is 102 Å². The van der Waals surface area contributed by atoms with Crippen molar-refractivity contribution in [2.75, 3.05) is 12.4 Å². The summed E-state index contributed by atoms with van der Waals surface area (Å²) in [5.41, 5.74) is 5.91. The Morgan fingerprint density at radius 2 is 1.69 bits per heavy atom. The van der Waals surface area contributed by atoms with Gasteiger partial charge < -0.3 is 14.8 Å². The van der Waals surface area contributed by atoms with Crippen LogP contribution in [0.5, 0.6) is 5.75 Å². The van der Waals surface area contributed by atoms with Gasteiger partial charge in [-0.05, 0) is 53.6 Å². The largest absolute Gasteiger partial charge is 0.496 e. The Morgan fingerprint density at radius 1 is 0.914 bits per heavy atom. The van der Waals surface area contributed by atoms with Crippen LogP contribution in [-0.4, -0.2) is 33.4 Å². The molecule has 5 rings (SSSR count). The molecule has 8 heteroatoms. The summed E-state index contributed by atoms with van der Waals surface area (Å²) in [5, 5.41) is 13.4. The van der Waals surface area contributed by atoms with Crippen LogP contribution >= 0.6 is 0 Å². The molecule has 2 N–H and O–H groups in total. The van der Waals surface area contributed by atoms with E-state index in [0.717, 1.165) is 11.1 Å². The van der Waals surface area contributed by atoms with Gasteiger partial charge in [0.25, 0.3) is 5.91 Å². The van der Waals surface area contributed by atoms with Crippen molar-refractivity contribution in [1.82, 2.24) is 20.4 Å². The number of carbonyl (C=O) groups excluding carboxylic acids is 1. The maximum absolute atomic E-state index is 13.0. The van der Waals surface area contributed by atoms with Gasteiger partial charge in [0, 0.05) is 16.8 Å². The summed E-state index contributed by atoms with van der Waals surface area (Å²) in [4.78, 5) is 17.5. The molecule has 2 aromatic heterocycles. The Morgan fingerprint density at radius 3 is 2.46 bits per heavy atom. The first-order valence-electron chi connectivity index (χ1n) is 11.1. The molecule has 8 nitrogen and oxygen atoms in total. The molecule has 174 valence electrons. The molecular weight excluding hydrogens is 442 g/mol. The number of anilines is 1. The van der Waals surface area contributed by atoms with E-state index >= 15 is 0 Å². The average Bonchev–Trinajstić information content (AvgIpc) is 3.38. The van der Waals surface area contributed by atoms with Crippen molar-refractivity contribution < 1.29 is 14.3 Å². The molecule has 0 spiro atoms. The second-order valence-corrected chi connectivity index (χ2v) is 7.92. The number of amides is 1. The second-order valence-electron chi connectivity index (χ2n) is 7.92. The summed E-state index contributed by atoms with van der Waals surface area (Å²) in [5.74, 6) is 0.381. The number of ether oxygens (including phenoxy) is 2. The van der Waals surface area contributed by atoms with E-state index in [1.165, 1.54) is 0 Å². The van der Waals surface area contributed by atoms with Gasteiger partial charge in [-0.2, -0.15) is 0 Å². The zero-order valence-corrected chi connectivity index (χ0v) is 19.1. The van der Waals surface area contributed by atoms with Gasteiger partial charge in [0.05, 0.1) is 26.0 Å². The standard InChI is InChI=1S/C27H23N5O3/c1-34-25-14-9-20(15-22(25)23-12-13-24-26(29-23)31-32-30-24)27(33)28-21-10-7-19(8-11-21)17-35-16-18-5-3-2-4-6-18/h2-15H,16-17H2,1H3,(H,28,33)(H,29,30,31,32). The van der Waals surface area contributed by atoms with E-state index in [1.807, 2.05) is 66.7 Å². The van der Waals surface area contributed by atoms with Gasteiger partial charge in [0.2, 0.25) is 0 Å². The molecule has 0 aliphatic rings. The molecule has 0 radical (unpaired) electrons. The molecule has 0 saturated heterocycles. The normalized spacial score (nSPS) is 10.9. The Labute approximate surface area is 201 Å². The van der Waals surface area contributed by atoms with Gasteiger partial charge in [0.1, 0.15) is 11.3 Å². The van der Waals surface area contributed by atoms with E-state index in [-0.39, 0.29) is 5.91 Å². The summed E-state index contributed by atoms with van der Waals surface area (Å²) < 4.78 is 11.3. The minimum absolute atomic E-state index is 0.230. The van der Waals surface area contributed by atoms with E-state index < -0.39 is 0 Å². The van der Waals surface area contributed by atoms with Crippen LogP contribution in [0.2, 0.25) is 0 Å². The van der Waals surface area contributed by atoms with Gasteiger partial charge in [-0.15, -0.1) is 5.10 Å². The fraction of sp³-hybridized carbons (Fsp3) is 0.111. The molecule has 0 bridgehead atoms. The van der Waals surface area contributed by atoms with Gasteiger partial charge in [-0.3, -0.25) is 4.79 Å². The van der Waals surface area contributed by atoms with E-state index in [4.69, 9.17) is 9.47 Å². The van der Waals surface area contributed by atoms with Gasteiger partial charge >= 0.3 is 0 Å². The van der Waals surface area contributed by atoms with Crippen LogP contribution < -0.4 is 10.1 Å². The van der Waals surface area contributed by atoms with Crippen molar-refractivity contribution >= 4 is 22.8 Å². The third-order valence-corrected chi connectivity index (χ3v) is 5.52. The number of nitrogens with one attached hydrogen (secondary N) is 2. The highest BCUT2D eigenvalue weighted by molar-refractivity contribution is 6.05. The van der Waals surface area contributed by atoms with Crippen LogP contribution in [0.1, 0.15) is 21.5 Å². The molecule has 0 unspecified atom stereocenters. The zero-order chi connectivity index (χ0) is 24.0. The number of benzene rings is 3. The van der Waals surface area contributed by atoms with Crippen LogP contribution in [0, 0.1) is 0 Å². The molecule has 0 aliphatic carbocycles. The molecular formula is C27H23N5O3. The number of hydrogen-bond donors (Lipinski definition) is 2. The van der Waals surface area contributed by atoms with Gasteiger partial charge in [-0.1, -0.05) is 47.7 Å². The Bertz CT molecular complexity index is 1450.